The van der Waals surface area contributed by atoms with Crippen molar-refractivity contribution in [3.8, 4) is 22.3 Å². The number of rotatable bonds is 7. The van der Waals surface area contributed by atoms with Crippen LogP contribution < -0.4 is 15.5 Å². The first-order chi connectivity index (χ1) is 28.6. The van der Waals surface area contributed by atoms with E-state index in [1.807, 2.05) is 6.07 Å². The van der Waals surface area contributed by atoms with E-state index in [-0.39, 0.29) is 5.41 Å². The van der Waals surface area contributed by atoms with Crippen molar-refractivity contribution < 1.29 is 4.42 Å². The molecule has 58 heavy (non-hydrogen) atoms. The summed E-state index contributed by atoms with van der Waals surface area (Å²) in [7, 11) is 0. The maximum atomic E-state index is 6.22. The Bertz CT molecular complexity index is 3040. The number of furan rings is 1. The van der Waals surface area contributed by atoms with Gasteiger partial charge in [0.05, 0.1) is 5.41 Å². The summed E-state index contributed by atoms with van der Waals surface area (Å²) in [6.45, 7) is 2.34. The molecule has 0 saturated carbocycles. The fourth-order valence-corrected chi connectivity index (χ4v) is 9.73. The Hall–Kier alpha value is -7.16. The molecule has 2 nitrogen and oxygen atoms in total. The molecular weight excluding hydrogens is 703 g/mol. The number of hydrogen-bond donors (Lipinski definition) is 0. The van der Waals surface area contributed by atoms with E-state index >= 15 is 0 Å². The lowest BCUT2D eigenvalue weighted by molar-refractivity contribution is 0.558. The van der Waals surface area contributed by atoms with E-state index in [1.165, 1.54) is 60.7 Å². The number of hydrogen-bond acceptors (Lipinski definition) is 2. The molecule has 0 N–H and O–H groups in total. The predicted molar refractivity (Wildman–Crippen MR) is 240 cm³/mol. The molecule has 1 atom stereocenters. The van der Waals surface area contributed by atoms with Crippen molar-refractivity contribution in [2.45, 2.75) is 24.2 Å². The highest BCUT2D eigenvalue weighted by Gasteiger charge is 2.45. The number of fused-ring (bicyclic) bond motifs is 6. The molecule has 0 fully saturated rings. The third-order valence-corrected chi connectivity index (χ3v) is 12.6. The van der Waals surface area contributed by atoms with Gasteiger partial charge in [0.1, 0.15) is 11.0 Å². The first-order valence-corrected chi connectivity index (χ1v) is 20.2. The maximum Gasteiger partial charge on any atom is 0.135 e. The van der Waals surface area contributed by atoms with E-state index in [0.717, 1.165) is 34.5 Å². The van der Waals surface area contributed by atoms with Crippen LogP contribution >= 0.6 is 0 Å². The molecule has 9 aromatic rings. The summed E-state index contributed by atoms with van der Waals surface area (Å²) in [5, 5.41) is 2.36. The number of para-hydroxylation sites is 1. The molecule has 0 saturated heterocycles. The van der Waals surface area contributed by atoms with Crippen LogP contribution in [0.2, 0.25) is 0 Å². The molecule has 1 heterocycles. The van der Waals surface area contributed by atoms with Gasteiger partial charge in [0.15, 0.2) is 0 Å². The van der Waals surface area contributed by atoms with Crippen LogP contribution in [0.5, 0.6) is 0 Å². The zero-order valence-corrected chi connectivity index (χ0v) is 32.3. The lowest BCUT2D eigenvalue weighted by atomic mass is 9.68. The van der Waals surface area contributed by atoms with Gasteiger partial charge in [-0.1, -0.05) is 177 Å². The summed E-state index contributed by atoms with van der Waals surface area (Å²) in [5.74, 6) is 0. The predicted octanol–water partition coefficient (Wildman–Crippen LogP) is 12.9. The van der Waals surface area contributed by atoms with E-state index in [0.29, 0.717) is 0 Å². The number of anilines is 3. The first-order valence-electron chi connectivity index (χ1n) is 20.2. The first kappa shape index (κ1) is 34.1. The Kier molecular flexibility index (Phi) is 7.94. The summed E-state index contributed by atoms with van der Waals surface area (Å²) in [6, 6.07) is 75.3. The standard InChI is InChI=1S/C56H41NO/c1-55(36-35-54-50(38-55)49-23-10-13-26-53(49)58-54)41-27-31-44(32-28-41)57(46-20-14-17-40(37-46)39-15-4-2-5-16-39)45-33-29-43(30-34-45)56(42-18-6-3-7-19-42)51-24-11-8-21-47(51)48-22-9-12-25-52(48)56/h2-35,37-38H,36H2,1H3. The van der Waals surface area contributed by atoms with Gasteiger partial charge >= 0.3 is 0 Å². The summed E-state index contributed by atoms with van der Waals surface area (Å²) in [6.07, 6.45) is 5.54. The van der Waals surface area contributed by atoms with Crippen molar-refractivity contribution in [3.63, 3.8) is 0 Å². The normalized spacial score (nSPS) is 16.1. The van der Waals surface area contributed by atoms with E-state index in [4.69, 9.17) is 4.42 Å². The molecule has 1 unspecified atom stereocenters. The van der Waals surface area contributed by atoms with Crippen LogP contribution in [0.25, 0.3) is 45.4 Å². The van der Waals surface area contributed by atoms with Crippen molar-refractivity contribution in [2.75, 3.05) is 4.90 Å². The fourth-order valence-electron chi connectivity index (χ4n) is 9.73. The van der Waals surface area contributed by atoms with Gasteiger partial charge < -0.3 is 9.32 Å². The third-order valence-electron chi connectivity index (χ3n) is 12.6. The molecule has 2 heteroatoms. The Labute approximate surface area is 339 Å². The topological polar surface area (TPSA) is 16.4 Å². The molecule has 276 valence electrons. The van der Waals surface area contributed by atoms with Crippen molar-refractivity contribution in [1.29, 1.82) is 0 Å². The lowest BCUT2D eigenvalue weighted by Crippen LogP contribution is -2.32. The van der Waals surface area contributed by atoms with E-state index < -0.39 is 5.41 Å². The average Bonchev–Trinajstić information content (AvgIpc) is 3.81. The van der Waals surface area contributed by atoms with Gasteiger partial charge in [-0.05, 0) is 105 Å². The quantitative estimate of drug-likeness (QED) is 0.162. The minimum Gasteiger partial charge on any atom is -0.456 e. The Morgan fingerprint density at radius 2 is 1.02 bits per heavy atom. The molecule has 11 rings (SSSR count). The molecule has 2 aliphatic carbocycles. The van der Waals surface area contributed by atoms with Crippen LogP contribution in [0.15, 0.2) is 211 Å². The summed E-state index contributed by atoms with van der Waals surface area (Å²) in [5.41, 5.74) is 16.0. The minimum absolute atomic E-state index is 0.169. The highest BCUT2D eigenvalue weighted by Crippen LogP contribution is 2.56. The molecular formula is C56H41NO. The van der Waals surface area contributed by atoms with Gasteiger partial charge in [-0.2, -0.15) is 0 Å². The highest BCUT2D eigenvalue weighted by molar-refractivity contribution is 5.87. The summed E-state index contributed by atoms with van der Waals surface area (Å²) < 4.78 is 6.22. The Morgan fingerprint density at radius 1 is 0.466 bits per heavy atom. The zero-order chi connectivity index (χ0) is 38.7. The monoisotopic (exact) mass is 743 g/mol. The van der Waals surface area contributed by atoms with E-state index in [9.17, 15) is 0 Å². The molecule has 0 spiro atoms. The van der Waals surface area contributed by atoms with Crippen molar-refractivity contribution in [2.24, 2.45) is 0 Å². The second kappa shape index (κ2) is 13.5. The number of benzene rings is 8. The molecule has 1 aromatic heterocycles. The fraction of sp³-hybridized carbons (Fsp3) is 0.0714. The van der Waals surface area contributed by atoms with Gasteiger partial charge in [-0.25, -0.2) is 0 Å². The van der Waals surface area contributed by atoms with Crippen LogP contribution in [0, 0.1) is 0 Å². The molecule has 0 amide bonds. The summed E-state index contributed by atoms with van der Waals surface area (Å²) >= 11 is 0. The Morgan fingerprint density at radius 3 is 1.71 bits per heavy atom. The zero-order valence-electron chi connectivity index (χ0n) is 32.3. The molecule has 0 radical (unpaired) electrons. The molecule has 8 aromatic carbocycles. The lowest BCUT2D eigenvalue weighted by Gasteiger charge is -2.34. The van der Waals surface area contributed by atoms with Crippen LogP contribution in [0.4, 0.5) is 17.1 Å². The highest BCUT2D eigenvalue weighted by atomic mass is 16.3. The smallest absolute Gasteiger partial charge is 0.135 e. The summed E-state index contributed by atoms with van der Waals surface area (Å²) in [4.78, 5) is 2.40. The van der Waals surface area contributed by atoms with Crippen LogP contribution in [0.3, 0.4) is 0 Å². The van der Waals surface area contributed by atoms with Crippen molar-refractivity contribution >= 4 is 40.2 Å². The van der Waals surface area contributed by atoms with E-state index in [1.54, 1.807) is 0 Å². The van der Waals surface area contributed by atoms with Gasteiger partial charge in [-0.3, -0.25) is 0 Å². The van der Waals surface area contributed by atoms with Gasteiger partial charge in [0.25, 0.3) is 0 Å². The van der Waals surface area contributed by atoms with Crippen LogP contribution in [-0.4, -0.2) is 0 Å². The third kappa shape index (κ3) is 5.33. The van der Waals surface area contributed by atoms with E-state index in [2.05, 4.69) is 224 Å². The van der Waals surface area contributed by atoms with Crippen molar-refractivity contribution in [1.82, 2.24) is 0 Å². The minimum atomic E-state index is -0.449. The second-order valence-corrected chi connectivity index (χ2v) is 15.9. The van der Waals surface area contributed by atoms with Gasteiger partial charge in [-0.15, -0.1) is 0 Å². The Balaban J connectivity index is 1.04. The second-order valence-electron chi connectivity index (χ2n) is 15.9. The van der Waals surface area contributed by atoms with Crippen LogP contribution in [0.1, 0.15) is 41.2 Å². The maximum absolute atomic E-state index is 6.22. The van der Waals surface area contributed by atoms with Gasteiger partial charge in [0.2, 0.25) is 0 Å². The molecule has 0 aliphatic heterocycles. The van der Waals surface area contributed by atoms with Crippen molar-refractivity contribution in [3.05, 3.63) is 245 Å². The molecule has 2 aliphatic rings. The molecule has 0 bridgehead atoms. The SMILES string of the molecule is CC1(c2ccc(N(c3ccc(C4(c5ccccc5)c5ccccc5-c5ccccc54)cc3)c3cccc(-c4ccccc4)c3)cc2)C=c2c(oc3ccccc23)=CC1. The van der Waals surface area contributed by atoms with Crippen LogP contribution in [-0.2, 0) is 10.8 Å². The number of nitrogens with zero attached hydrogens (tertiary/aromatic N) is 1. The average molecular weight is 744 g/mol. The van der Waals surface area contributed by atoms with Gasteiger partial charge in [0, 0.05) is 33.1 Å². The largest absolute Gasteiger partial charge is 0.456 e.